The van der Waals surface area contributed by atoms with Gasteiger partial charge in [-0.05, 0) is 54.4 Å². The molecule has 0 aliphatic carbocycles. The lowest BCUT2D eigenvalue weighted by atomic mass is 10.1. The number of carbonyl (C=O) groups excluding carboxylic acids is 1. The van der Waals surface area contributed by atoms with E-state index in [4.69, 9.17) is 14.0 Å². The van der Waals surface area contributed by atoms with Crippen LogP contribution in [0, 0.1) is 0 Å². The summed E-state index contributed by atoms with van der Waals surface area (Å²) in [5.41, 5.74) is 2.26. The Hall–Kier alpha value is -3.61. The SMILES string of the molecule is C=CCc1cc(C(=O)N(C)Cc2nc(-c3ccc(OC)cc3)no2)ccc1OC. The number of carbonyl (C=O) groups is 1. The van der Waals surface area contributed by atoms with Crippen molar-refractivity contribution in [3.8, 4) is 22.9 Å². The molecule has 0 unspecified atom stereocenters. The first-order valence-corrected chi connectivity index (χ1v) is 9.06. The molecule has 0 radical (unpaired) electrons. The van der Waals surface area contributed by atoms with E-state index in [2.05, 4.69) is 16.7 Å². The minimum atomic E-state index is -0.151. The van der Waals surface area contributed by atoms with Crippen molar-refractivity contribution < 1.29 is 18.8 Å². The predicted molar refractivity (Wildman–Crippen MR) is 109 cm³/mol. The van der Waals surface area contributed by atoms with Crippen LogP contribution in [0.15, 0.2) is 59.6 Å². The zero-order valence-electron chi connectivity index (χ0n) is 16.7. The van der Waals surface area contributed by atoms with E-state index < -0.39 is 0 Å². The zero-order chi connectivity index (χ0) is 20.8. The molecular weight excluding hydrogens is 370 g/mol. The first-order valence-electron chi connectivity index (χ1n) is 9.06. The van der Waals surface area contributed by atoms with Crippen molar-refractivity contribution in [2.45, 2.75) is 13.0 Å². The third-order valence-corrected chi connectivity index (χ3v) is 4.43. The zero-order valence-corrected chi connectivity index (χ0v) is 16.7. The van der Waals surface area contributed by atoms with Gasteiger partial charge in [0, 0.05) is 18.2 Å². The van der Waals surface area contributed by atoms with Gasteiger partial charge in [-0.15, -0.1) is 6.58 Å². The van der Waals surface area contributed by atoms with Gasteiger partial charge in [0.25, 0.3) is 5.91 Å². The maximum absolute atomic E-state index is 12.8. The molecule has 150 valence electrons. The normalized spacial score (nSPS) is 10.4. The van der Waals surface area contributed by atoms with Gasteiger partial charge < -0.3 is 18.9 Å². The van der Waals surface area contributed by atoms with Gasteiger partial charge in [0.15, 0.2) is 0 Å². The fourth-order valence-electron chi connectivity index (χ4n) is 2.90. The van der Waals surface area contributed by atoms with E-state index in [-0.39, 0.29) is 12.5 Å². The molecule has 0 aliphatic heterocycles. The molecule has 0 spiro atoms. The number of nitrogens with zero attached hydrogens (tertiary/aromatic N) is 3. The van der Waals surface area contributed by atoms with Crippen LogP contribution in [0.3, 0.4) is 0 Å². The number of benzene rings is 2. The molecule has 3 aromatic rings. The minimum absolute atomic E-state index is 0.151. The second-order valence-electron chi connectivity index (χ2n) is 6.42. The number of ether oxygens (including phenoxy) is 2. The fourth-order valence-corrected chi connectivity index (χ4v) is 2.90. The van der Waals surface area contributed by atoms with Crippen molar-refractivity contribution in [3.05, 3.63) is 72.1 Å². The molecule has 0 saturated heterocycles. The highest BCUT2D eigenvalue weighted by molar-refractivity contribution is 5.94. The van der Waals surface area contributed by atoms with Crippen LogP contribution in [0.1, 0.15) is 21.8 Å². The molecule has 1 heterocycles. The molecule has 1 aromatic heterocycles. The van der Waals surface area contributed by atoms with Gasteiger partial charge in [0.1, 0.15) is 11.5 Å². The highest BCUT2D eigenvalue weighted by Crippen LogP contribution is 2.23. The Kier molecular flexibility index (Phi) is 6.29. The molecule has 0 fully saturated rings. The summed E-state index contributed by atoms with van der Waals surface area (Å²) in [6.45, 7) is 3.95. The largest absolute Gasteiger partial charge is 0.497 e. The first kappa shape index (κ1) is 20.1. The molecule has 0 aliphatic rings. The number of amides is 1. The van der Waals surface area contributed by atoms with Crippen molar-refractivity contribution in [2.24, 2.45) is 0 Å². The minimum Gasteiger partial charge on any atom is -0.497 e. The summed E-state index contributed by atoms with van der Waals surface area (Å²) < 4.78 is 15.8. The quantitative estimate of drug-likeness (QED) is 0.543. The van der Waals surface area contributed by atoms with E-state index in [0.717, 1.165) is 22.6 Å². The van der Waals surface area contributed by atoms with Crippen LogP contribution in [0.2, 0.25) is 0 Å². The van der Waals surface area contributed by atoms with Gasteiger partial charge in [-0.3, -0.25) is 4.79 Å². The highest BCUT2D eigenvalue weighted by Gasteiger charge is 2.17. The molecule has 0 N–H and O–H groups in total. The molecule has 0 bridgehead atoms. The summed E-state index contributed by atoms with van der Waals surface area (Å²) >= 11 is 0. The summed E-state index contributed by atoms with van der Waals surface area (Å²) in [7, 11) is 4.90. The summed E-state index contributed by atoms with van der Waals surface area (Å²) in [6.07, 6.45) is 2.39. The third-order valence-electron chi connectivity index (χ3n) is 4.43. The Labute approximate surface area is 169 Å². The van der Waals surface area contributed by atoms with Crippen LogP contribution in [-0.2, 0) is 13.0 Å². The maximum Gasteiger partial charge on any atom is 0.254 e. The van der Waals surface area contributed by atoms with Crippen molar-refractivity contribution >= 4 is 5.91 Å². The van der Waals surface area contributed by atoms with E-state index in [1.165, 1.54) is 4.90 Å². The van der Waals surface area contributed by atoms with E-state index in [9.17, 15) is 4.79 Å². The van der Waals surface area contributed by atoms with Crippen molar-refractivity contribution in [2.75, 3.05) is 21.3 Å². The lowest BCUT2D eigenvalue weighted by Crippen LogP contribution is -2.26. The molecule has 0 saturated carbocycles. The average molecular weight is 393 g/mol. The van der Waals surface area contributed by atoms with Crippen molar-refractivity contribution in [1.82, 2.24) is 15.0 Å². The molecule has 2 aromatic carbocycles. The summed E-state index contributed by atoms with van der Waals surface area (Å²) in [5.74, 6) is 2.14. The van der Waals surface area contributed by atoms with Gasteiger partial charge >= 0.3 is 0 Å². The lowest BCUT2D eigenvalue weighted by molar-refractivity contribution is 0.0769. The van der Waals surface area contributed by atoms with E-state index in [1.54, 1.807) is 39.5 Å². The average Bonchev–Trinajstić information content (AvgIpc) is 3.21. The smallest absolute Gasteiger partial charge is 0.254 e. The Balaban J connectivity index is 1.72. The fraction of sp³-hybridized carbons (Fsp3) is 0.227. The molecular formula is C22H23N3O4. The number of aromatic nitrogens is 2. The number of methoxy groups -OCH3 is 2. The van der Waals surface area contributed by atoms with Crippen molar-refractivity contribution in [3.63, 3.8) is 0 Å². The van der Waals surface area contributed by atoms with Crippen molar-refractivity contribution in [1.29, 1.82) is 0 Å². The van der Waals surface area contributed by atoms with Gasteiger partial charge in [-0.1, -0.05) is 11.2 Å². The van der Waals surface area contributed by atoms with Gasteiger partial charge in [0.2, 0.25) is 11.7 Å². The maximum atomic E-state index is 12.8. The van der Waals surface area contributed by atoms with Gasteiger partial charge in [-0.25, -0.2) is 0 Å². The monoisotopic (exact) mass is 393 g/mol. The van der Waals surface area contributed by atoms with E-state index >= 15 is 0 Å². The van der Waals surface area contributed by atoms with Crippen LogP contribution < -0.4 is 9.47 Å². The van der Waals surface area contributed by atoms with Gasteiger partial charge in [-0.2, -0.15) is 4.98 Å². The molecule has 1 amide bonds. The molecule has 7 nitrogen and oxygen atoms in total. The van der Waals surface area contributed by atoms with Crippen LogP contribution in [0.5, 0.6) is 11.5 Å². The number of hydrogen-bond acceptors (Lipinski definition) is 6. The standard InChI is InChI=1S/C22H23N3O4/c1-5-6-16-13-17(9-12-19(16)28-4)22(26)25(2)14-20-23-21(24-29-20)15-7-10-18(27-3)11-8-15/h5,7-13H,1,6,14H2,2-4H3. The van der Waals surface area contributed by atoms with Crippen LogP contribution in [0.25, 0.3) is 11.4 Å². The summed E-state index contributed by atoms with van der Waals surface area (Å²) in [4.78, 5) is 18.7. The predicted octanol–water partition coefficient (Wildman–Crippen LogP) is 3.75. The molecule has 0 atom stereocenters. The van der Waals surface area contributed by atoms with Crippen LogP contribution >= 0.6 is 0 Å². The first-order chi connectivity index (χ1) is 14.0. The molecule has 29 heavy (non-hydrogen) atoms. The Morgan fingerprint density at radius 1 is 1.17 bits per heavy atom. The highest BCUT2D eigenvalue weighted by atomic mass is 16.5. The number of allylic oxidation sites excluding steroid dienone is 1. The lowest BCUT2D eigenvalue weighted by Gasteiger charge is -2.16. The second-order valence-corrected chi connectivity index (χ2v) is 6.42. The number of rotatable bonds is 8. The third kappa shape index (κ3) is 4.63. The van der Waals surface area contributed by atoms with Gasteiger partial charge in [0.05, 0.1) is 20.8 Å². The molecule has 7 heteroatoms. The summed E-state index contributed by atoms with van der Waals surface area (Å²) in [6, 6.07) is 12.7. The topological polar surface area (TPSA) is 77.7 Å². The second kappa shape index (κ2) is 9.05. The van der Waals surface area contributed by atoms with Crippen LogP contribution in [0.4, 0.5) is 0 Å². The van der Waals surface area contributed by atoms with Crippen LogP contribution in [-0.4, -0.2) is 42.2 Å². The summed E-state index contributed by atoms with van der Waals surface area (Å²) in [5, 5.41) is 4.00. The number of hydrogen-bond donors (Lipinski definition) is 0. The Morgan fingerprint density at radius 2 is 1.93 bits per heavy atom. The Morgan fingerprint density at radius 3 is 2.59 bits per heavy atom. The van der Waals surface area contributed by atoms with E-state index in [0.29, 0.717) is 23.7 Å². The van der Waals surface area contributed by atoms with E-state index in [1.807, 2.05) is 30.3 Å². The Bertz CT molecular complexity index is 996. The molecule has 3 rings (SSSR count).